The van der Waals surface area contributed by atoms with E-state index in [0.29, 0.717) is 0 Å². The lowest BCUT2D eigenvalue weighted by molar-refractivity contribution is -0.275. The monoisotopic (exact) mass is 307 g/mol. The number of carbonyl (C=O) groups excluding carboxylic acids is 1. The van der Waals surface area contributed by atoms with Gasteiger partial charge in [-0.05, 0) is 6.07 Å². The molecule has 3 nitrogen and oxygen atoms in total. The van der Waals surface area contributed by atoms with E-state index < -0.39 is 41.1 Å². The van der Waals surface area contributed by atoms with Crippen LogP contribution in [0, 0.1) is 0 Å². The molecule has 0 aromatic carbocycles. The maximum absolute atomic E-state index is 12.4. The summed E-state index contributed by atoms with van der Waals surface area (Å²) >= 11 is 5.22. The van der Waals surface area contributed by atoms with E-state index in [1.165, 1.54) is 0 Å². The summed E-state index contributed by atoms with van der Waals surface area (Å²) in [4.78, 5) is 13.5. The molecule has 0 atom stereocenters. The van der Waals surface area contributed by atoms with Gasteiger partial charge in [0.1, 0.15) is 5.69 Å². The van der Waals surface area contributed by atoms with Crippen molar-refractivity contribution in [2.75, 3.05) is 0 Å². The van der Waals surface area contributed by atoms with Gasteiger partial charge in [0.15, 0.2) is 12.0 Å². The second kappa shape index (κ2) is 5.24. The summed E-state index contributed by atoms with van der Waals surface area (Å²) in [6, 6.07) is 0.157. The Balaban J connectivity index is 3.42. The first-order valence-corrected chi connectivity index (χ1v) is 5.00. The molecular weight excluding hydrogens is 304 g/mol. The van der Waals surface area contributed by atoms with Crippen molar-refractivity contribution in [2.45, 2.75) is 18.4 Å². The Bertz CT molecular complexity index is 485. The molecule has 0 spiro atoms. The molecule has 10 heteroatoms. The highest BCUT2D eigenvalue weighted by atomic mass is 35.5. The fourth-order valence-electron chi connectivity index (χ4n) is 1.16. The Morgan fingerprint density at radius 3 is 2.21 bits per heavy atom. The molecule has 0 radical (unpaired) electrons. The number of aldehydes is 1. The molecule has 0 saturated heterocycles. The topological polar surface area (TPSA) is 39.2 Å². The average molecular weight is 308 g/mol. The molecule has 0 fully saturated rings. The molecule has 0 N–H and O–H groups in total. The zero-order chi connectivity index (χ0) is 14.8. The standard InChI is InChI=1S/C9H4ClF6NO2/c10-2-5-7(19-9(14,15)16)4(3-18)1-6(17-5)8(11,12)13/h1,3H,2H2. The van der Waals surface area contributed by atoms with Crippen LogP contribution in [-0.2, 0) is 12.1 Å². The molecule has 0 aliphatic heterocycles. The van der Waals surface area contributed by atoms with E-state index in [9.17, 15) is 31.1 Å². The number of hydrogen-bond acceptors (Lipinski definition) is 3. The zero-order valence-electron chi connectivity index (χ0n) is 8.77. The van der Waals surface area contributed by atoms with Gasteiger partial charge in [0.25, 0.3) is 0 Å². The normalized spacial score (nSPS) is 12.4. The van der Waals surface area contributed by atoms with Gasteiger partial charge in [-0.2, -0.15) is 13.2 Å². The fourth-order valence-corrected chi connectivity index (χ4v) is 1.35. The van der Waals surface area contributed by atoms with Crippen LogP contribution in [0.4, 0.5) is 26.3 Å². The fraction of sp³-hybridized carbons (Fsp3) is 0.333. The average Bonchev–Trinajstić information content (AvgIpc) is 2.25. The van der Waals surface area contributed by atoms with Crippen LogP contribution in [0.1, 0.15) is 21.7 Å². The highest BCUT2D eigenvalue weighted by Crippen LogP contribution is 2.35. The van der Waals surface area contributed by atoms with Crippen LogP contribution in [0.5, 0.6) is 5.75 Å². The van der Waals surface area contributed by atoms with Gasteiger partial charge < -0.3 is 4.74 Å². The predicted octanol–water partition coefficient (Wildman–Crippen LogP) is 3.55. The molecular formula is C9H4ClF6NO2. The van der Waals surface area contributed by atoms with Crippen molar-refractivity contribution in [3.8, 4) is 5.75 Å². The molecule has 106 valence electrons. The summed E-state index contributed by atoms with van der Waals surface area (Å²) in [5.74, 6) is -1.92. The van der Waals surface area contributed by atoms with Gasteiger partial charge in [-0.1, -0.05) is 0 Å². The Hall–Kier alpha value is -1.51. The van der Waals surface area contributed by atoms with Crippen LogP contribution in [0.2, 0.25) is 0 Å². The Morgan fingerprint density at radius 1 is 1.26 bits per heavy atom. The number of pyridine rings is 1. The number of rotatable bonds is 3. The molecule has 1 heterocycles. The number of hydrogen-bond donors (Lipinski definition) is 0. The highest BCUT2D eigenvalue weighted by Gasteiger charge is 2.37. The molecule has 0 aliphatic rings. The van der Waals surface area contributed by atoms with Gasteiger partial charge in [-0.25, -0.2) is 4.98 Å². The molecule has 0 bridgehead atoms. The summed E-state index contributed by atoms with van der Waals surface area (Å²) in [7, 11) is 0. The number of ether oxygens (including phenoxy) is 1. The minimum absolute atomic E-state index is 0.157. The van der Waals surface area contributed by atoms with E-state index in [1.54, 1.807) is 0 Å². The van der Waals surface area contributed by atoms with Gasteiger partial charge in [0.05, 0.1) is 17.1 Å². The first-order valence-electron chi connectivity index (χ1n) is 4.46. The maximum Gasteiger partial charge on any atom is 0.573 e. The molecule has 0 saturated carbocycles. The Morgan fingerprint density at radius 2 is 1.84 bits per heavy atom. The van der Waals surface area contributed by atoms with E-state index in [2.05, 4.69) is 9.72 Å². The largest absolute Gasteiger partial charge is 0.573 e. The van der Waals surface area contributed by atoms with Crippen molar-refractivity contribution in [3.63, 3.8) is 0 Å². The van der Waals surface area contributed by atoms with Crippen molar-refractivity contribution < 1.29 is 35.9 Å². The molecule has 0 amide bonds. The van der Waals surface area contributed by atoms with Gasteiger partial charge in [-0.15, -0.1) is 24.8 Å². The van der Waals surface area contributed by atoms with Gasteiger partial charge in [-0.3, -0.25) is 4.79 Å². The minimum atomic E-state index is -5.18. The molecule has 1 aromatic rings. The van der Waals surface area contributed by atoms with Gasteiger partial charge >= 0.3 is 12.5 Å². The first-order chi connectivity index (χ1) is 8.58. The second-order valence-corrected chi connectivity index (χ2v) is 3.44. The number of carbonyl (C=O) groups is 1. The van der Waals surface area contributed by atoms with Crippen LogP contribution in [0.3, 0.4) is 0 Å². The number of aromatic nitrogens is 1. The van der Waals surface area contributed by atoms with E-state index >= 15 is 0 Å². The number of halogens is 7. The van der Waals surface area contributed by atoms with E-state index in [1.807, 2.05) is 0 Å². The van der Waals surface area contributed by atoms with Crippen molar-refractivity contribution in [1.82, 2.24) is 4.98 Å². The lowest BCUT2D eigenvalue weighted by atomic mass is 10.2. The Labute approximate surface area is 107 Å². The van der Waals surface area contributed by atoms with Crippen molar-refractivity contribution in [2.24, 2.45) is 0 Å². The van der Waals surface area contributed by atoms with E-state index in [-0.39, 0.29) is 12.4 Å². The summed E-state index contributed by atoms with van der Waals surface area (Å²) < 4.78 is 76.9. The van der Waals surface area contributed by atoms with Crippen molar-refractivity contribution in [1.29, 1.82) is 0 Å². The smallest absolute Gasteiger partial charge is 0.403 e. The summed E-state index contributed by atoms with van der Waals surface area (Å²) in [5.41, 5.74) is -3.29. The summed E-state index contributed by atoms with van der Waals surface area (Å²) in [6.45, 7) is 0. The first kappa shape index (κ1) is 15.5. The van der Waals surface area contributed by atoms with Gasteiger partial charge in [0, 0.05) is 0 Å². The third-order valence-electron chi connectivity index (χ3n) is 1.83. The molecule has 1 aromatic heterocycles. The third-order valence-corrected chi connectivity index (χ3v) is 2.09. The van der Waals surface area contributed by atoms with Gasteiger partial charge in [0.2, 0.25) is 0 Å². The number of nitrogens with zero attached hydrogens (tertiary/aromatic N) is 1. The highest BCUT2D eigenvalue weighted by molar-refractivity contribution is 6.17. The molecule has 1 rings (SSSR count). The molecule has 19 heavy (non-hydrogen) atoms. The van der Waals surface area contributed by atoms with Crippen LogP contribution < -0.4 is 4.74 Å². The molecule has 0 unspecified atom stereocenters. The van der Waals surface area contributed by atoms with E-state index in [4.69, 9.17) is 11.6 Å². The lowest BCUT2D eigenvalue weighted by Crippen LogP contribution is -2.21. The summed E-state index contributed by atoms with van der Waals surface area (Å²) in [5, 5.41) is 0. The van der Waals surface area contributed by atoms with Crippen molar-refractivity contribution in [3.05, 3.63) is 23.0 Å². The predicted molar refractivity (Wildman–Crippen MR) is 50.9 cm³/mol. The number of alkyl halides is 7. The van der Waals surface area contributed by atoms with E-state index in [0.717, 1.165) is 0 Å². The Kier molecular flexibility index (Phi) is 4.28. The third kappa shape index (κ3) is 3.98. The van der Waals surface area contributed by atoms with Crippen LogP contribution in [-0.4, -0.2) is 17.6 Å². The van der Waals surface area contributed by atoms with Crippen LogP contribution in [0.25, 0.3) is 0 Å². The molecule has 0 aliphatic carbocycles. The summed E-state index contributed by atoms with van der Waals surface area (Å²) in [6.07, 6.45) is -10.3. The van der Waals surface area contributed by atoms with Crippen molar-refractivity contribution >= 4 is 17.9 Å². The zero-order valence-corrected chi connectivity index (χ0v) is 9.53. The minimum Gasteiger partial charge on any atom is -0.403 e. The lowest BCUT2D eigenvalue weighted by Gasteiger charge is -2.15. The SMILES string of the molecule is O=Cc1cc(C(F)(F)F)nc(CCl)c1OC(F)(F)F. The maximum atomic E-state index is 12.4. The second-order valence-electron chi connectivity index (χ2n) is 3.17. The van der Waals surface area contributed by atoms with Crippen LogP contribution in [0.15, 0.2) is 6.07 Å². The quantitative estimate of drug-likeness (QED) is 0.487. The van der Waals surface area contributed by atoms with Crippen LogP contribution >= 0.6 is 11.6 Å².